The van der Waals surface area contributed by atoms with Crippen molar-refractivity contribution in [2.75, 3.05) is 0 Å². The highest BCUT2D eigenvalue weighted by molar-refractivity contribution is 5.21. The number of benzene rings is 1. The second-order valence-corrected chi connectivity index (χ2v) is 6.92. The smallest absolute Gasteiger partial charge is 0.0159 e. The Morgan fingerprint density at radius 1 is 1.00 bits per heavy atom. The molecule has 2 saturated carbocycles. The average Bonchev–Trinajstić information content (AvgIpc) is 2.96. The highest BCUT2D eigenvalue weighted by Crippen LogP contribution is 2.58. The van der Waals surface area contributed by atoms with Gasteiger partial charge in [-0.1, -0.05) is 51.1 Å². The van der Waals surface area contributed by atoms with Crippen molar-refractivity contribution in [1.82, 2.24) is 0 Å². The van der Waals surface area contributed by atoms with Crippen LogP contribution in [0.1, 0.15) is 51.5 Å². The molecule has 1 aromatic carbocycles. The molecule has 0 radical (unpaired) electrons. The van der Waals surface area contributed by atoms with E-state index >= 15 is 0 Å². The molecule has 0 N–H and O–H groups in total. The predicted octanol–water partition coefficient (Wildman–Crippen LogP) is 5.11. The van der Waals surface area contributed by atoms with Crippen molar-refractivity contribution in [2.24, 2.45) is 29.6 Å². The van der Waals surface area contributed by atoms with Crippen molar-refractivity contribution in [3.63, 3.8) is 0 Å². The minimum absolute atomic E-state index is 0.753. The van der Waals surface area contributed by atoms with Gasteiger partial charge < -0.3 is 0 Å². The van der Waals surface area contributed by atoms with Crippen LogP contribution in [-0.2, 0) is 0 Å². The molecular weight excluding hydrogens is 216 g/mol. The average molecular weight is 242 g/mol. The van der Waals surface area contributed by atoms with Gasteiger partial charge >= 0.3 is 0 Å². The van der Waals surface area contributed by atoms with E-state index in [4.69, 9.17) is 0 Å². The van der Waals surface area contributed by atoms with Gasteiger partial charge in [0.25, 0.3) is 0 Å². The first kappa shape index (κ1) is 12.3. The van der Waals surface area contributed by atoms with E-state index in [0.717, 1.165) is 35.5 Å². The minimum Gasteiger partial charge on any atom is -0.0625 e. The Bertz CT molecular complexity index is 392. The van der Waals surface area contributed by atoms with Crippen molar-refractivity contribution >= 4 is 0 Å². The quantitative estimate of drug-likeness (QED) is 0.691. The Kier molecular flexibility index (Phi) is 3.21. The summed E-state index contributed by atoms with van der Waals surface area (Å²) in [6.07, 6.45) is 4.49. The molecule has 2 aliphatic rings. The van der Waals surface area contributed by atoms with Crippen LogP contribution in [0.3, 0.4) is 0 Å². The highest BCUT2D eigenvalue weighted by atomic mass is 14.5. The van der Waals surface area contributed by atoms with Crippen LogP contribution < -0.4 is 0 Å². The van der Waals surface area contributed by atoms with Gasteiger partial charge in [0.05, 0.1) is 0 Å². The van der Waals surface area contributed by atoms with Gasteiger partial charge in [-0.2, -0.15) is 0 Å². The molecule has 18 heavy (non-hydrogen) atoms. The third-order valence-electron chi connectivity index (χ3n) is 5.77. The van der Waals surface area contributed by atoms with E-state index in [1.807, 2.05) is 0 Å². The lowest BCUT2D eigenvalue weighted by molar-refractivity contribution is 0.249. The molecule has 0 amide bonds. The van der Waals surface area contributed by atoms with Gasteiger partial charge in [-0.3, -0.25) is 0 Å². The zero-order chi connectivity index (χ0) is 12.7. The molecule has 0 heterocycles. The molecule has 98 valence electrons. The molecule has 3 rings (SSSR count). The molecule has 0 saturated heterocycles. The molecule has 0 heteroatoms. The predicted molar refractivity (Wildman–Crippen MR) is 77.5 cm³/mol. The molecule has 0 aromatic heterocycles. The summed E-state index contributed by atoms with van der Waals surface area (Å²) in [7, 11) is 0. The fourth-order valence-corrected chi connectivity index (χ4v) is 5.06. The first-order valence-electron chi connectivity index (χ1n) is 7.73. The molecule has 2 unspecified atom stereocenters. The summed E-state index contributed by atoms with van der Waals surface area (Å²) in [6.45, 7) is 7.33. The van der Waals surface area contributed by atoms with Crippen molar-refractivity contribution in [3.8, 4) is 0 Å². The standard InChI is InChI=1S/C18H26/c1-12(2)18-15-9-10-16(18)17(11-15)13(3)14-7-5-4-6-8-14/h4-8,12-13,15-18H,9-11H2,1-3H3/t13-,15?,16?,17+,18-/m0/s1. The van der Waals surface area contributed by atoms with Crippen LogP contribution in [0.25, 0.3) is 0 Å². The summed E-state index contributed by atoms with van der Waals surface area (Å²) in [5, 5.41) is 0. The summed E-state index contributed by atoms with van der Waals surface area (Å²) in [4.78, 5) is 0. The van der Waals surface area contributed by atoms with Gasteiger partial charge in [0, 0.05) is 0 Å². The summed E-state index contributed by atoms with van der Waals surface area (Å²) < 4.78 is 0. The summed E-state index contributed by atoms with van der Waals surface area (Å²) in [5.41, 5.74) is 1.55. The van der Waals surface area contributed by atoms with Gasteiger partial charge in [0.1, 0.15) is 0 Å². The van der Waals surface area contributed by atoms with E-state index in [2.05, 4.69) is 51.1 Å². The maximum absolute atomic E-state index is 2.46. The fourth-order valence-electron chi connectivity index (χ4n) is 5.06. The zero-order valence-electron chi connectivity index (χ0n) is 12.0. The summed E-state index contributed by atoms with van der Waals surface area (Å²) in [5.74, 6) is 5.63. The van der Waals surface area contributed by atoms with Gasteiger partial charge in [-0.05, 0) is 60.3 Å². The third kappa shape index (κ3) is 1.90. The van der Waals surface area contributed by atoms with Crippen molar-refractivity contribution in [3.05, 3.63) is 35.9 Å². The second-order valence-electron chi connectivity index (χ2n) is 6.92. The Balaban J connectivity index is 1.79. The van der Waals surface area contributed by atoms with Crippen LogP contribution in [-0.4, -0.2) is 0 Å². The number of hydrogen-bond acceptors (Lipinski definition) is 0. The maximum atomic E-state index is 2.46. The van der Waals surface area contributed by atoms with Gasteiger partial charge in [-0.15, -0.1) is 0 Å². The van der Waals surface area contributed by atoms with Crippen LogP contribution in [0.15, 0.2) is 30.3 Å². The molecule has 5 atom stereocenters. The Morgan fingerprint density at radius 3 is 2.33 bits per heavy atom. The van der Waals surface area contributed by atoms with Crippen molar-refractivity contribution in [1.29, 1.82) is 0 Å². The Morgan fingerprint density at radius 2 is 1.72 bits per heavy atom. The summed E-state index contributed by atoms with van der Waals surface area (Å²) >= 11 is 0. The molecule has 0 nitrogen and oxygen atoms in total. The van der Waals surface area contributed by atoms with Gasteiger partial charge in [0.15, 0.2) is 0 Å². The lowest BCUT2D eigenvalue weighted by atomic mass is 9.75. The molecular formula is C18H26. The van der Waals surface area contributed by atoms with E-state index in [0.29, 0.717) is 0 Å². The second kappa shape index (κ2) is 4.72. The minimum atomic E-state index is 0.753. The highest BCUT2D eigenvalue weighted by Gasteiger charge is 2.50. The van der Waals surface area contributed by atoms with E-state index in [-0.39, 0.29) is 0 Å². The largest absolute Gasteiger partial charge is 0.0625 e. The lowest BCUT2D eigenvalue weighted by Crippen LogP contribution is -2.20. The van der Waals surface area contributed by atoms with Crippen LogP contribution in [0, 0.1) is 29.6 Å². The van der Waals surface area contributed by atoms with Crippen LogP contribution in [0.2, 0.25) is 0 Å². The van der Waals surface area contributed by atoms with Crippen LogP contribution >= 0.6 is 0 Å². The van der Waals surface area contributed by atoms with Gasteiger partial charge in [0.2, 0.25) is 0 Å². The maximum Gasteiger partial charge on any atom is -0.0159 e. The molecule has 1 aromatic rings. The summed E-state index contributed by atoms with van der Waals surface area (Å²) in [6, 6.07) is 11.2. The zero-order valence-corrected chi connectivity index (χ0v) is 12.0. The number of hydrogen-bond donors (Lipinski definition) is 0. The topological polar surface area (TPSA) is 0 Å². The van der Waals surface area contributed by atoms with E-state index in [1.165, 1.54) is 19.3 Å². The molecule has 2 aliphatic carbocycles. The normalized spacial score (nSPS) is 36.2. The van der Waals surface area contributed by atoms with E-state index in [1.54, 1.807) is 5.56 Å². The molecule has 0 aliphatic heterocycles. The monoisotopic (exact) mass is 242 g/mol. The van der Waals surface area contributed by atoms with Crippen molar-refractivity contribution in [2.45, 2.75) is 46.0 Å². The fraction of sp³-hybridized carbons (Fsp3) is 0.667. The first-order valence-corrected chi connectivity index (χ1v) is 7.73. The van der Waals surface area contributed by atoms with Crippen molar-refractivity contribution < 1.29 is 0 Å². The molecule has 2 fully saturated rings. The number of fused-ring (bicyclic) bond motifs is 2. The van der Waals surface area contributed by atoms with Gasteiger partial charge in [-0.25, -0.2) is 0 Å². The Hall–Kier alpha value is -0.780. The van der Waals surface area contributed by atoms with Crippen LogP contribution in [0.4, 0.5) is 0 Å². The first-order chi connectivity index (χ1) is 8.68. The van der Waals surface area contributed by atoms with E-state index < -0.39 is 0 Å². The lowest BCUT2D eigenvalue weighted by Gasteiger charge is -2.29. The third-order valence-corrected chi connectivity index (χ3v) is 5.77. The van der Waals surface area contributed by atoms with E-state index in [9.17, 15) is 0 Å². The SMILES string of the molecule is CC(C)[C@H]1C2CCC1[C@@H]([C@@H](C)c1ccccc1)C2. The Labute approximate surface area is 112 Å². The molecule has 2 bridgehead atoms. The van der Waals surface area contributed by atoms with Crippen LogP contribution in [0.5, 0.6) is 0 Å². The number of rotatable bonds is 3. The molecule has 0 spiro atoms.